The van der Waals surface area contributed by atoms with E-state index in [-0.39, 0.29) is 29.5 Å². The van der Waals surface area contributed by atoms with E-state index in [1.165, 1.54) is 25.1 Å². The Bertz CT molecular complexity index is 533. The molecule has 3 N–H and O–H groups in total. The smallest absolute Gasteiger partial charge is 0.241 e. The zero-order valence-corrected chi connectivity index (χ0v) is 11.5. The highest BCUT2D eigenvalue weighted by Gasteiger charge is 2.29. The Balaban J connectivity index is 2.09. The molecule has 2 unspecified atom stereocenters. The lowest BCUT2D eigenvalue weighted by Gasteiger charge is -2.16. The van der Waals surface area contributed by atoms with E-state index in [1.54, 1.807) is 0 Å². The summed E-state index contributed by atoms with van der Waals surface area (Å²) in [5.74, 6) is -0.773. The Labute approximate surface area is 116 Å². The number of nitrogens with one attached hydrogen (secondary N) is 3. The molecule has 1 aliphatic heterocycles. The number of amides is 2. The van der Waals surface area contributed by atoms with Crippen molar-refractivity contribution in [2.45, 2.75) is 26.3 Å². The highest BCUT2D eigenvalue weighted by molar-refractivity contribution is 5.96. The maximum Gasteiger partial charge on any atom is 0.241 e. The molecule has 108 valence electrons. The summed E-state index contributed by atoms with van der Waals surface area (Å²) in [6.45, 7) is 4.13. The summed E-state index contributed by atoms with van der Waals surface area (Å²) in [4.78, 5) is 23.1. The van der Waals surface area contributed by atoms with Crippen molar-refractivity contribution in [2.75, 3.05) is 17.2 Å². The molecule has 0 spiro atoms. The number of benzene rings is 1. The van der Waals surface area contributed by atoms with Crippen LogP contribution in [0.25, 0.3) is 0 Å². The molecule has 0 aromatic heterocycles. The summed E-state index contributed by atoms with van der Waals surface area (Å²) < 4.78 is 13.5. The molecule has 0 radical (unpaired) electrons. The maximum atomic E-state index is 13.5. The second-order valence-corrected chi connectivity index (χ2v) is 5.06. The Morgan fingerprint density at radius 2 is 2.10 bits per heavy atom. The van der Waals surface area contributed by atoms with Crippen LogP contribution in [0.15, 0.2) is 18.2 Å². The molecule has 2 rings (SSSR count). The molecule has 1 heterocycles. The van der Waals surface area contributed by atoms with E-state index in [1.807, 2.05) is 6.92 Å². The van der Waals surface area contributed by atoms with Crippen LogP contribution in [0.2, 0.25) is 0 Å². The first-order valence-electron chi connectivity index (χ1n) is 6.59. The molecule has 1 aromatic rings. The van der Waals surface area contributed by atoms with E-state index in [0.29, 0.717) is 5.69 Å². The molecule has 1 aromatic carbocycles. The molecule has 0 bridgehead atoms. The monoisotopic (exact) mass is 279 g/mol. The quantitative estimate of drug-likeness (QED) is 0.789. The minimum atomic E-state index is -0.537. The van der Waals surface area contributed by atoms with Crippen LogP contribution in [-0.4, -0.2) is 24.4 Å². The second-order valence-electron chi connectivity index (χ2n) is 5.06. The van der Waals surface area contributed by atoms with Gasteiger partial charge in [-0.1, -0.05) is 6.92 Å². The summed E-state index contributed by atoms with van der Waals surface area (Å²) in [5, 5.41) is 8.25. The average molecular weight is 279 g/mol. The topological polar surface area (TPSA) is 70.2 Å². The van der Waals surface area contributed by atoms with Crippen LogP contribution in [-0.2, 0) is 9.59 Å². The first kappa shape index (κ1) is 14.5. The fourth-order valence-corrected chi connectivity index (χ4v) is 2.29. The molecule has 2 atom stereocenters. The van der Waals surface area contributed by atoms with Gasteiger partial charge >= 0.3 is 0 Å². The summed E-state index contributed by atoms with van der Waals surface area (Å²) in [6, 6.07) is 3.86. The van der Waals surface area contributed by atoms with Gasteiger partial charge in [0.25, 0.3) is 0 Å². The minimum absolute atomic E-state index is 0.0581. The second kappa shape index (κ2) is 6.00. The fraction of sp³-hybridized carbons (Fsp3) is 0.429. The Morgan fingerprint density at radius 1 is 1.35 bits per heavy atom. The molecule has 2 amide bonds. The average Bonchev–Trinajstić information content (AvgIpc) is 2.79. The minimum Gasteiger partial charge on any atom is -0.325 e. The van der Waals surface area contributed by atoms with Gasteiger partial charge in [0.1, 0.15) is 5.82 Å². The summed E-state index contributed by atoms with van der Waals surface area (Å²) in [6.07, 6.45) is 0.957. The molecule has 0 aliphatic carbocycles. The largest absolute Gasteiger partial charge is 0.325 e. The molecule has 1 saturated heterocycles. The van der Waals surface area contributed by atoms with Crippen LogP contribution in [0.5, 0.6) is 0 Å². The molecule has 1 aliphatic rings. The normalized spacial score (nSPS) is 21.6. The molecular weight excluding hydrogens is 261 g/mol. The number of halogens is 1. The van der Waals surface area contributed by atoms with Crippen molar-refractivity contribution in [3.8, 4) is 0 Å². The van der Waals surface area contributed by atoms with Crippen LogP contribution < -0.4 is 16.0 Å². The number of carbonyl (C=O) groups excluding carboxylic acids is 2. The standard InChI is InChI=1S/C14H18FN3O2/c1-8-5-6-16-13(8)14(20)18-10-3-4-11(15)12(7-10)17-9(2)19/h3-4,7-8,13,16H,5-6H2,1-2H3,(H,17,19)(H,18,20). The van der Waals surface area contributed by atoms with Gasteiger partial charge in [0.05, 0.1) is 11.7 Å². The van der Waals surface area contributed by atoms with Gasteiger partial charge in [0.2, 0.25) is 11.8 Å². The van der Waals surface area contributed by atoms with Gasteiger partial charge in [0, 0.05) is 12.6 Å². The Morgan fingerprint density at radius 3 is 2.70 bits per heavy atom. The van der Waals surface area contributed by atoms with E-state index in [4.69, 9.17) is 0 Å². The highest BCUT2D eigenvalue weighted by Crippen LogP contribution is 2.21. The number of carbonyl (C=O) groups is 2. The fourth-order valence-electron chi connectivity index (χ4n) is 2.29. The zero-order chi connectivity index (χ0) is 14.7. The van der Waals surface area contributed by atoms with Crippen molar-refractivity contribution < 1.29 is 14.0 Å². The Hall–Kier alpha value is -1.95. The summed E-state index contributed by atoms with van der Waals surface area (Å²) in [7, 11) is 0. The van der Waals surface area contributed by atoms with Crippen molar-refractivity contribution in [3.05, 3.63) is 24.0 Å². The third-order valence-corrected chi connectivity index (χ3v) is 3.36. The number of hydrogen-bond donors (Lipinski definition) is 3. The van der Waals surface area contributed by atoms with Gasteiger partial charge in [-0.05, 0) is 37.1 Å². The Kier molecular flexibility index (Phi) is 4.34. The van der Waals surface area contributed by atoms with Gasteiger partial charge in [-0.25, -0.2) is 4.39 Å². The lowest BCUT2D eigenvalue weighted by molar-refractivity contribution is -0.118. The number of anilines is 2. The predicted molar refractivity (Wildman–Crippen MR) is 74.9 cm³/mol. The van der Waals surface area contributed by atoms with Crippen LogP contribution in [0.3, 0.4) is 0 Å². The highest BCUT2D eigenvalue weighted by atomic mass is 19.1. The summed E-state index contributed by atoms with van der Waals surface area (Å²) >= 11 is 0. The van der Waals surface area contributed by atoms with Crippen molar-refractivity contribution >= 4 is 23.2 Å². The first-order chi connectivity index (χ1) is 9.47. The van der Waals surface area contributed by atoms with Crippen LogP contribution in [0.4, 0.5) is 15.8 Å². The number of rotatable bonds is 3. The van der Waals surface area contributed by atoms with Gasteiger partial charge in [-0.3, -0.25) is 9.59 Å². The van der Waals surface area contributed by atoms with Gasteiger partial charge in [-0.2, -0.15) is 0 Å². The van der Waals surface area contributed by atoms with Gasteiger partial charge in [0.15, 0.2) is 0 Å². The van der Waals surface area contributed by atoms with E-state index in [0.717, 1.165) is 13.0 Å². The van der Waals surface area contributed by atoms with Crippen LogP contribution >= 0.6 is 0 Å². The van der Waals surface area contributed by atoms with Gasteiger partial charge in [-0.15, -0.1) is 0 Å². The van der Waals surface area contributed by atoms with E-state index >= 15 is 0 Å². The van der Waals surface area contributed by atoms with Crippen molar-refractivity contribution in [3.63, 3.8) is 0 Å². The van der Waals surface area contributed by atoms with Crippen molar-refractivity contribution in [2.24, 2.45) is 5.92 Å². The van der Waals surface area contributed by atoms with Crippen molar-refractivity contribution in [1.82, 2.24) is 5.32 Å². The molecule has 5 nitrogen and oxygen atoms in total. The van der Waals surface area contributed by atoms with E-state index in [9.17, 15) is 14.0 Å². The molecule has 1 fully saturated rings. The van der Waals surface area contributed by atoms with E-state index < -0.39 is 5.82 Å². The first-order valence-corrected chi connectivity index (χ1v) is 6.59. The number of hydrogen-bond acceptors (Lipinski definition) is 3. The molecule has 0 saturated carbocycles. The molecule has 6 heteroatoms. The van der Waals surface area contributed by atoms with Crippen LogP contribution in [0.1, 0.15) is 20.3 Å². The van der Waals surface area contributed by atoms with Crippen LogP contribution in [0, 0.1) is 11.7 Å². The van der Waals surface area contributed by atoms with Gasteiger partial charge < -0.3 is 16.0 Å². The zero-order valence-electron chi connectivity index (χ0n) is 11.5. The van der Waals surface area contributed by atoms with E-state index in [2.05, 4.69) is 16.0 Å². The lowest BCUT2D eigenvalue weighted by atomic mass is 10.0. The van der Waals surface area contributed by atoms with Crippen molar-refractivity contribution in [1.29, 1.82) is 0 Å². The third kappa shape index (κ3) is 3.33. The third-order valence-electron chi connectivity index (χ3n) is 3.36. The molecule has 20 heavy (non-hydrogen) atoms. The summed E-state index contributed by atoms with van der Waals surface area (Å²) in [5.41, 5.74) is 0.517. The maximum absolute atomic E-state index is 13.5. The lowest BCUT2D eigenvalue weighted by Crippen LogP contribution is -2.39. The molecular formula is C14H18FN3O2. The SMILES string of the molecule is CC(=O)Nc1cc(NC(=O)C2NCCC2C)ccc1F. The predicted octanol–water partition coefficient (Wildman–Crippen LogP) is 1.72.